The van der Waals surface area contributed by atoms with E-state index in [1.807, 2.05) is 13.8 Å². The average Bonchev–Trinajstić information content (AvgIpc) is 2.59. The third-order valence-corrected chi connectivity index (χ3v) is 3.80. The summed E-state index contributed by atoms with van der Waals surface area (Å²) in [6.07, 6.45) is 1.31. The van der Waals surface area contributed by atoms with E-state index >= 15 is 0 Å². The van der Waals surface area contributed by atoms with Crippen LogP contribution in [0.25, 0.3) is 0 Å². The third-order valence-electron chi connectivity index (χ3n) is 2.97. The van der Waals surface area contributed by atoms with E-state index in [9.17, 15) is 4.79 Å². The molecular formula is C11H21NO2S. The van der Waals surface area contributed by atoms with Crippen molar-refractivity contribution in [3.8, 4) is 0 Å². The van der Waals surface area contributed by atoms with Gasteiger partial charge in [0.25, 0.3) is 0 Å². The number of carbonyl (C=O) groups excluding carboxylic acids is 1. The van der Waals surface area contributed by atoms with Crippen LogP contribution >= 0.6 is 12.6 Å². The highest BCUT2D eigenvalue weighted by atomic mass is 32.1. The van der Waals surface area contributed by atoms with Crippen molar-refractivity contribution in [2.24, 2.45) is 11.8 Å². The van der Waals surface area contributed by atoms with Crippen molar-refractivity contribution in [3.05, 3.63) is 0 Å². The van der Waals surface area contributed by atoms with Gasteiger partial charge in [-0.3, -0.25) is 4.79 Å². The van der Waals surface area contributed by atoms with Gasteiger partial charge >= 0.3 is 0 Å². The summed E-state index contributed by atoms with van der Waals surface area (Å²) in [5.41, 5.74) is 0. The minimum Gasteiger partial charge on any atom is -0.378 e. The van der Waals surface area contributed by atoms with E-state index in [4.69, 9.17) is 4.74 Å². The molecule has 15 heavy (non-hydrogen) atoms. The van der Waals surface area contributed by atoms with E-state index < -0.39 is 0 Å². The molecule has 1 fully saturated rings. The van der Waals surface area contributed by atoms with Crippen molar-refractivity contribution in [1.82, 2.24) is 5.32 Å². The van der Waals surface area contributed by atoms with Gasteiger partial charge < -0.3 is 10.1 Å². The zero-order valence-corrected chi connectivity index (χ0v) is 10.6. The van der Waals surface area contributed by atoms with Crippen LogP contribution in [0.4, 0.5) is 0 Å². The highest BCUT2D eigenvalue weighted by Gasteiger charge is 2.25. The topological polar surface area (TPSA) is 38.3 Å². The van der Waals surface area contributed by atoms with Gasteiger partial charge in [-0.15, -0.1) is 0 Å². The molecular weight excluding hydrogens is 210 g/mol. The van der Waals surface area contributed by atoms with Gasteiger partial charge in [0.1, 0.15) is 0 Å². The Morgan fingerprint density at radius 3 is 2.73 bits per heavy atom. The largest absolute Gasteiger partial charge is 0.378 e. The summed E-state index contributed by atoms with van der Waals surface area (Å²) < 4.78 is 5.44. The number of amides is 1. The smallest absolute Gasteiger partial charge is 0.233 e. The summed E-state index contributed by atoms with van der Waals surface area (Å²) in [6.45, 7) is 7.58. The van der Waals surface area contributed by atoms with Crippen LogP contribution in [0.3, 0.4) is 0 Å². The van der Waals surface area contributed by atoms with Gasteiger partial charge in [0.2, 0.25) is 5.91 Å². The van der Waals surface area contributed by atoms with Gasteiger partial charge in [0.15, 0.2) is 0 Å². The molecule has 3 nitrogen and oxygen atoms in total. The number of ether oxygens (including phenoxy) is 1. The second-order valence-corrected chi connectivity index (χ2v) is 5.12. The SMILES string of the molecule is CC(C)C(S)C(=O)NCC1CCOC1C. The Morgan fingerprint density at radius 1 is 1.60 bits per heavy atom. The first kappa shape index (κ1) is 12.8. The Hall–Kier alpha value is -0.220. The number of hydrogen-bond acceptors (Lipinski definition) is 3. The van der Waals surface area contributed by atoms with Gasteiger partial charge in [-0.1, -0.05) is 13.8 Å². The fourth-order valence-electron chi connectivity index (χ4n) is 1.68. The van der Waals surface area contributed by atoms with E-state index in [-0.39, 0.29) is 23.2 Å². The minimum absolute atomic E-state index is 0.0347. The maximum Gasteiger partial charge on any atom is 0.233 e. The van der Waals surface area contributed by atoms with Crippen LogP contribution in [0.5, 0.6) is 0 Å². The highest BCUT2D eigenvalue weighted by molar-refractivity contribution is 7.81. The Balaban J connectivity index is 2.27. The third kappa shape index (κ3) is 3.68. The van der Waals surface area contributed by atoms with Crippen LogP contribution in [0.1, 0.15) is 27.2 Å². The zero-order valence-electron chi connectivity index (χ0n) is 9.69. The molecule has 88 valence electrons. The van der Waals surface area contributed by atoms with Crippen LogP contribution < -0.4 is 5.32 Å². The lowest BCUT2D eigenvalue weighted by Crippen LogP contribution is -2.38. The molecule has 1 N–H and O–H groups in total. The minimum atomic E-state index is -0.206. The summed E-state index contributed by atoms with van der Waals surface area (Å²) in [7, 11) is 0. The maximum atomic E-state index is 11.6. The van der Waals surface area contributed by atoms with E-state index in [1.165, 1.54) is 0 Å². The van der Waals surface area contributed by atoms with E-state index in [1.54, 1.807) is 0 Å². The average molecular weight is 231 g/mol. The van der Waals surface area contributed by atoms with Gasteiger partial charge in [0, 0.05) is 19.1 Å². The lowest BCUT2D eigenvalue weighted by Gasteiger charge is -2.18. The molecule has 3 unspecified atom stereocenters. The molecule has 0 aliphatic carbocycles. The molecule has 1 aliphatic heterocycles. The van der Waals surface area contributed by atoms with Gasteiger partial charge in [-0.25, -0.2) is 0 Å². The van der Waals surface area contributed by atoms with Crippen LogP contribution in [-0.2, 0) is 9.53 Å². The normalized spacial score (nSPS) is 28.1. The van der Waals surface area contributed by atoms with Crippen molar-refractivity contribution in [1.29, 1.82) is 0 Å². The van der Waals surface area contributed by atoms with Gasteiger partial charge in [-0.2, -0.15) is 12.6 Å². The second-order valence-electron chi connectivity index (χ2n) is 4.56. The molecule has 0 saturated carbocycles. The molecule has 1 heterocycles. The first-order chi connectivity index (χ1) is 7.02. The summed E-state index contributed by atoms with van der Waals surface area (Å²) in [5.74, 6) is 0.764. The molecule has 0 aromatic heterocycles. The van der Waals surface area contributed by atoms with Crippen LogP contribution in [0.2, 0.25) is 0 Å². The molecule has 1 saturated heterocycles. The van der Waals surface area contributed by atoms with Gasteiger partial charge in [0.05, 0.1) is 11.4 Å². The molecule has 4 heteroatoms. The van der Waals surface area contributed by atoms with E-state index in [2.05, 4.69) is 24.9 Å². The number of hydrogen-bond donors (Lipinski definition) is 2. The summed E-state index contributed by atoms with van der Waals surface area (Å²) in [4.78, 5) is 11.6. The molecule has 1 aliphatic rings. The van der Waals surface area contributed by atoms with Crippen molar-refractivity contribution in [2.75, 3.05) is 13.2 Å². The Bertz CT molecular complexity index is 221. The van der Waals surface area contributed by atoms with Crippen molar-refractivity contribution >= 4 is 18.5 Å². The predicted octanol–water partition coefficient (Wildman–Crippen LogP) is 1.48. The molecule has 0 aromatic rings. The Morgan fingerprint density at radius 2 is 2.27 bits per heavy atom. The number of carbonyl (C=O) groups is 1. The van der Waals surface area contributed by atoms with Gasteiger partial charge in [-0.05, 0) is 19.3 Å². The fourth-order valence-corrected chi connectivity index (χ4v) is 1.77. The molecule has 0 radical (unpaired) electrons. The van der Waals surface area contributed by atoms with Crippen molar-refractivity contribution in [3.63, 3.8) is 0 Å². The zero-order chi connectivity index (χ0) is 11.4. The Labute approximate surface area is 97.4 Å². The van der Waals surface area contributed by atoms with Crippen LogP contribution in [-0.4, -0.2) is 30.4 Å². The standard InChI is InChI=1S/C11H21NO2S/c1-7(2)10(15)11(13)12-6-9-4-5-14-8(9)3/h7-10,15H,4-6H2,1-3H3,(H,12,13). The van der Waals surface area contributed by atoms with Crippen molar-refractivity contribution in [2.45, 2.75) is 38.5 Å². The lowest BCUT2D eigenvalue weighted by atomic mass is 10.0. The summed E-state index contributed by atoms with van der Waals surface area (Å²) in [5, 5.41) is 2.73. The quantitative estimate of drug-likeness (QED) is 0.719. The molecule has 0 bridgehead atoms. The first-order valence-electron chi connectivity index (χ1n) is 5.59. The van der Waals surface area contributed by atoms with Crippen LogP contribution in [0.15, 0.2) is 0 Å². The number of thiol groups is 1. The maximum absolute atomic E-state index is 11.6. The highest BCUT2D eigenvalue weighted by Crippen LogP contribution is 2.19. The second kappa shape index (κ2) is 5.75. The van der Waals surface area contributed by atoms with E-state index in [0.717, 1.165) is 13.0 Å². The van der Waals surface area contributed by atoms with Crippen molar-refractivity contribution < 1.29 is 9.53 Å². The van der Waals surface area contributed by atoms with Crippen LogP contribution in [0, 0.1) is 11.8 Å². The predicted molar refractivity (Wildman–Crippen MR) is 64.1 cm³/mol. The Kier molecular flexibility index (Phi) is 4.93. The number of nitrogens with one attached hydrogen (secondary N) is 1. The summed E-state index contributed by atoms with van der Waals surface area (Å²) in [6, 6.07) is 0. The molecule has 3 atom stereocenters. The molecule has 1 rings (SSSR count). The monoisotopic (exact) mass is 231 g/mol. The fraction of sp³-hybridized carbons (Fsp3) is 0.909. The van der Waals surface area contributed by atoms with E-state index in [0.29, 0.717) is 12.5 Å². The lowest BCUT2D eigenvalue weighted by molar-refractivity contribution is -0.121. The summed E-state index contributed by atoms with van der Waals surface area (Å²) >= 11 is 4.28. The first-order valence-corrected chi connectivity index (χ1v) is 6.11. The molecule has 0 spiro atoms. The molecule has 1 amide bonds. The number of rotatable bonds is 4. The molecule has 0 aromatic carbocycles.